The Hall–Kier alpha value is -1.69. The van der Waals surface area contributed by atoms with Gasteiger partial charge in [-0.05, 0) is 50.2 Å². The van der Waals surface area contributed by atoms with E-state index >= 15 is 0 Å². The van der Waals surface area contributed by atoms with Crippen molar-refractivity contribution in [3.05, 3.63) is 29.8 Å². The monoisotopic (exact) mass is 372 g/mol. The van der Waals surface area contributed by atoms with E-state index in [1.807, 2.05) is 18.2 Å². The highest BCUT2D eigenvalue weighted by Crippen LogP contribution is 2.41. The number of hydrogen-bond donors (Lipinski definition) is 0. The lowest BCUT2D eigenvalue weighted by Gasteiger charge is -2.31. The zero-order chi connectivity index (χ0) is 17.9. The molecule has 5 nitrogen and oxygen atoms in total. The number of piperidine rings is 1. The SMILES string of the molecule is Cc1ccccc1OCCSc1nnc(N2CCC(C)CC2)n1C1CC1. The molecule has 6 heteroatoms. The predicted octanol–water partition coefficient (Wildman–Crippen LogP) is 4.33. The van der Waals surface area contributed by atoms with Gasteiger partial charge >= 0.3 is 0 Å². The van der Waals surface area contributed by atoms with Gasteiger partial charge in [0.15, 0.2) is 5.16 Å². The zero-order valence-corrected chi connectivity index (χ0v) is 16.5. The molecule has 1 aliphatic carbocycles. The standard InChI is InChI=1S/C20H28N4OS/c1-15-9-11-23(12-10-15)19-21-22-20(24(19)17-7-8-17)26-14-13-25-18-6-4-3-5-16(18)2/h3-6,15,17H,7-14H2,1-2H3. The molecule has 2 aromatic rings. The Morgan fingerprint density at radius 2 is 1.88 bits per heavy atom. The maximum Gasteiger partial charge on any atom is 0.228 e. The second-order valence-electron chi connectivity index (χ2n) is 7.52. The first kappa shape index (κ1) is 17.7. The van der Waals surface area contributed by atoms with Gasteiger partial charge in [0, 0.05) is 24.9 Å². The third kappa shape index (κ3) is 4.00. The molecule has 140 valence electrons. The molecule has 2 heterocycles. The van der Waals surface area contributed by atoms with Crippen LogP contribution >= 0.6 is 11.8 Å². The van der Waals surface area contributed by atoms with Crippen molar-refractivity contribution in [1.82, 2.24) is 14.8 Å². The fourth-order valence-corrected chi connectivity index (χ4v) is 4.26. The summed E-state index contributed by atoms with van der Waals surface area (Å²) in [5.41, 5.74) is 1.18. The van der Waals surface area contributed by atoms with E-state index in [2.05, 4.69) is 39.6 Å². The molecular weight excluding hydrogens is 344 g/mol. The quantitative estimate of drug-likeness (QED) is 0.535. The molecule has 1 aliphatic heterocycles. The number of aryl methyl sites for hydroxylation is 1. The van der Waals surface area contributed by atoms with Gasteiger partial charge in [0.05, 0.1) is 6.61 Å². The van der Waals surface area contributed by atoms with E-state index in [0.717, 1.165) is 41.6 Å². The van der Waals surface area contributed by atoms with E-state index in [9.17, 15) is 0 Å². The molecule has 1 saturated carbocycles. The maximum absolute atomic E-state index is 5.92. The molecule has 0 radical (unpaired) electrons. The van der Waals surface area contributed by atoms with Crippen LogP contribution in [0.15, 0.2) is 29.4 Å². The van der Waals surface area contributed by atoms with Gasteiger partial charge in [0.2, 0.25) is 5.95 Å². The number of nitrogens with zero attached hydrogens (tertiary/aromatic N) is 4. The van der Waals surface area contributed by atoms with Gasteiger partial charge in [-0.1, -0.05) is 36.9 Å². The summed E-state index contributed by atoms with van der Waals surface area (Å²) in [7, 11) is 0. The number of aromatic nitrogens is 3. The van der Waals surface area contributed by atoms with E-state index in [1.165, 1.54) is 31.2 Å². The summed E-state index contributed by atoms with van der Waals surface area (Å²) in [4.78, 5) is 2.43. The Bertz CT molecular complexity index is 735. The molecule has 1 aromatic heterocycles. The molecule has 0 atom stereocenters. The maximum atomic E-state index is 5.92. The molecule has 1 saturated heterocycles. The van der Waals surface area contributed by atoms with E-state index < -0.39 is 0 Å². The third-order valence-corrected chi connectivity index (χ3v) is 6.20. The van der Waals surface area contributed by atoms with Gasteiger partial charge in [0.1, 0.15) is 5.75 Å². The van der Waals surface area contributed by atoms with Crippen LogP contribution in [-0.2, 0) is 0 Å². The van der Waals surface area contributed by atoms with Crippen LogP contribution in [0.3, 0.4) is 0 Å². The Labute approximate surface area is 160 Å². The van der Waals surface area contributed by atoms with Crippen LogP contribution < -0.4 is 9.64 Å². The lowest BCUT2D eigenvalue weighted by Crippen LogP contribution is -2.34. The van der Waals surface area contributed by atoms with Gasteiger partial charge in [-0.25, -0.2) is 0 Å². The number of benzene rings is 1. The summed E-state index contributed by atoms with van der Waals surface area (Å²) >= 11 is 1.76. The van der Waals surface area contributed by atoms with Gasteiger partial charge in [-0.2, -0.15) is 0 Å². The molecule has 0 unspecified atom stereocenters. The van der Waals surface area contributed by atoms with Crippen molar-refractivity contribution in [3.8, 4) is 5.75 Å². The molecular formula is C20H28N4OS. The minimum Gasteiger partial charge on any atom is -0.492 e. The Morgan fingerprint density at radius 3 is 2.62 bits per heavy atom. The smallest absolute Gasteiger partial charge is 0.228 e. The van der Waals surface area contributed by atoms with Crippen LogP contribution in [0.1, 0.15) is 44.2 Å². The Morgan fingerprint density at radius 1 is 1.12 bits per heavy atom. The normalized spacial score (nSPS) is 18.3. The summed E-state index contributed by atoms with van der Waals surface area (Å²) in [5.74, 6) is 3.77. The number of ether oxygens (including phenoxy) is 1. The lowest BCUT2D eigenvalue weighted by atomic mass is 10.00. The highest BCUT2D eigenvalue weighted by molar-refractivity contribution is 7.99. The van der Waals surface area contributed by atoms with Crippen molar-refractivity contribution in [3.63, 3.8) is 0 Å². The molecule has 4 rings (SSSR count). The van der Waals surface area contributed by atoms with Crippen LogP contribution in [0.25, 0.3) is 0 Å². The van der Waals surface area contributed by atoms with E-state index in [0.29, 0.717) is 12.6 Å². The highest BCUT2D eigenvalue weighted by Gasteiger charge is 2.32. The van der Waals surface area contributed by atoms with E-state index in [4.69, 9.17) is 4.74 Å². The second kappa shape index (κ2) is 7.91. The molecule has 0 bridgehead atoms. The highest BCUT2D eigenvalue weighted by atomic mass is 32.2. The molecule has 0 amide bonds. The van der Waals surface area contributed by atoms with E-state index in [1.54, 1.807) is 11.8 Å². The number of hydrogen-bond acceptors (Lipinski definition) is 5. The molecule has 0 spiro atoms. The topological polar surface area (TPSA) is 43.2 Å². The van der Waals surface area contributed by atoms with E-state index in [-0.39, 0.29) is 0 Å². The van der Waals surface area contributed by atoms with Crippen molar-refractivity contribution >= 4 is 17.7 Å². The minimum absolute atomic E-state index is 0.596. The lowest BCUT2D eigenvalue weighted by molar-refractivity contribution is 0.341. The van der Waals surface area contributed by atoms with Gasteiger partial charge < -0.3 is 9.64 Å². The molecule has 26 heavy (non-hydrogen) atoms. The third-order valence-electron chi connectivity index (χ3n) is 5.29. The number of anilines is 1. The van der Waals surface area contributed by atoms with Crippen molar-refractivity contribution in [1.29, 1.82) is 0 Å². The van der Waals surface area contributed by atoms with Crippen molar-refractivity contribution in [2.24, 2.45) is 5.92 Å². The van der Waals surface area contributed by atoms with Crippen molar-refractivity contribution < 1.29 is 4.74 Å². The number of rotatable bonds is 7. The first-order valence-electron chi connectivity index (χ1n) is 9.73. The predicted molar refractivity (Wildman–Crippen MR) is 106 cm³/mol. The molecule has 2 aliphatic rings. The van der Waals surface area contributed by atoms with Crippen molar-refractivity contribution in [2.75, 3.05) is 30.3 Å². The second-order valence-corrected chi connectivity index (χ2v) is 8.58. The summed E-state index contributed by atoms with van der Waals surface area (Å²) in [6, 6.07) is 8.77. The fraction of sp³-hybridized carbons (Fsp3) is 0.600. The first-order chi connectivity index (χ1) is 12.7. The van der Waals surface area contributed by atoms with Gasteiger partial charge in [-0.3, -0.25) is 4.57 Å². The fourth-order valence-electron chi connectivity index (χ4n) is 3.45. The molecule has 1 aromatic carbocycles. The Balaban J connectivity index is 1.37. The van der Waals surface area contributed by atoms with Crippen LogP contribution in [0, 0.1) is 12.8 Å². The number of thioether (sulfide) groups is 1. The summed E-state index contributed by atoms with van der Waals surface area (Å²) in [5, 5.41) is 10.1. The van der Waals surface area contributed by atoms with Crippen molar-refractivity contribution in [2.45, 2.75) is 50.7 Å². The van der Waals surface area contributed by atoms with Gasteiger partial charge in [0.25, 0.3) is 0 Å². The summed E-state index contributed by atoms with van der Waals surface area (Å²) in [6.45, 7) is 7.32. The number of para-hydroxylation sites is 1. The molecule has 0 N–H and O–H groups in total. The van der Waals surface area contributed by atoms with Gasteiger partial charge in [-0.15, -0.1) is 10.2 Å². The zero-order valence-electron chi connectivity index (χ0n) is 15.7. The summed E-state index contributed by atoms with van der Waals surface area (Å²) in [6.07, 6.45) is 5.01. The average Bonchev–Trinajstić information content (AvgIpc) is 3.41. The summed E-state index contributed by atoms with van der Waals surface area (Å²) < 4.78 is 8.30. The largest absolute Gasteiger partial charge is 0.492 e. The first-order valence-corrected chi connectivity index (χ1v) is 10.7. The average molecular weight is 373 g/mol. The minimum atomic E-state index is 0.596. The van der Waals surface area contributed by atoms with Crippen LogP contribution in [0.5, 0.6) is 5.75 Å². The van der Waals surface area contributed by atoms with Crippen LogP contribution in [0.2, 0.25) is 0 Å². The molecule has 2 fully saturated rings. The van der Waals surface area contributed by atoms with Crippen LogP contribution in [-0.4, -0.2) is 40.2 Å². The Kier molecular flexibility index (Phi) is 5.38. The van der Waals surface area contributed by atoms with Crippen LogP contribution in [0.4, 0.5) is 5.95 Å².